The minimum absolute atomic E-state index is 0.0299. The summed E-state index contributed by atoms with van der Waals surface area (Å²) in [6, 6.07) is 6.62. The standard InChI is InChI=1S/C18H20N2O5S/c1-11-7-12(2)20-18(19-11)26-10-17(22)25-9-14(21)13-5-6-15(23-3)16(8-13)24-4/h5-8H,9-10H2,1-4H3. The first-order valence-corrected chi connectivity index (χ1v) is 8.77. The van der Waals surface area contributed by atoms with Crippen LogP contribution in [0.4, 0.5) is 0 Å². The van der Waals surface area contributed by atoms with Crippen LogP contribution >= 0.6 is 11.8 Å². The third-order valence-corrected chi connectivity index (χ3v) is 4.17. The van der Waals surface area contributed by atoms with E-state index < -0.39 is 5.97 Å². The Morgan fingerprint density at radius 3 is 2.27 bits per heavy atom. The quantitative estimate of drug-likeness (QED) is 0.301. The van der Waals surface area contributed by atoms with Crippen molar-refractivity contribution in [1.29, 1.82) is 0 Å². The Bertz CT molecular complexity index is 790. The number of esters is 1. The number of Topliss-reactive ketones (excluding diaryl/α,β-unsaturated/α-hetero) is 1. The molecule has 1 heterocycles. The molecule has 0 amide bonds. The highest BCUT2D eigenvalue weighted by Crippen LogP contribution is 2.27. The number of nitrogens with zero attached hydrogens (tertiary/aromatic N) is 2. The van der Waals surface area contributed by atoms with Gasteiger partial charge in [-0.2, -0.15) is 0 Å². The lowest BCUT2D eigenvalue weighted by Gasteiger charge is -2.09. The van der Waals surface area contributed by atoms with Gasteiger partial charge in [-0.15, -0.1) is 0 Å². The normalized spacial score (nSPS) is 10.3. The zero-order chi connectivity index (χ0) is 19.1. The second-order valence-electron chi connectivity index (χ2n) is 5.38. The van der Waals surface area contributed by atoms with Crippen LogP contribution in [0.2, 0.25) is 0 Å². The van der Waals surface area contributed by atoms with Gasteiger partial charge in [-0.3, -0.25) is 9.59 Å². The Morgan fingerprint density at radius 2 is 1.65 bits per heavy atom. The van der Waals surface area contributed by atoms with Crippen molar-refractivity contribution >= 4 is 23.5 Å². The maximum atomic E-state index is 12.2. The second kappa shape index (κ2) is 9.19. The molecule has 0 aliphatic heterocycles. The van der Waals surface area contributed by atoms with Crippen molar-refractivity contribution in [1.82, 2.24) is 9.97 Å². The number of aryl methyl sites for hydroxylation is 2. The molecule has 0 radical (unpaired) electrons. The van der Waals surface area contributed by atoms with Gasteiger partial charge in [0.2, 0.25) is 0 Å². The van der Waals surface area contributed by atoms with Crippen LogP contribution in [0, 0.1) is 13.8 Å². The van der Waals surface area contributed by atoms with E-state index in [-0.39, 0.29) is 18.1 Å². The first-order valence-electron chi connectivity index (χ1n) is 7.79. The van der Waals surface area contributed by atoms with E-state index in [1.165, 1.54) is 26.0 Å². The van der Waals surface area contributed by atoms with Gasteiger partial charge < -0.3 is 14.2 Å². The maximum Gasteiger partial charge on any atom is 0.316 e. The molecule has 2 rings (SSSR count). The van der Waals surface area contributed by atoms with E-state index in [2.05, 4.69) is 9.97 Å². The summed E-state index contributed by atoms with van der Waals surface area (Å²) in [6.07, 6.45) is 0. The molecule has 1 aromatic heterocycles. The van der Waals surface area contributed by atoms with E-state index in [0.717, 1.165) is 11.4 Å². The van der Waals surface area contributed by atoms with Crippen molar-refractivity contribution in [3.05, 3.63) is 41.2 Å². The lowest BCUT2D eigenvalue weighted by atomic mass is 10.1. The average molecular weight is 376 g/mol. The van der Waals surface area contributed by atoms with Gasteiger partial charge in [-0.05, 0) is 38.1 Å². The fourth-order valence-electron chi connectivity index (χ4n) is 2.16. The van der Waals surface area contributed by atoms with Gasteiger partial charge in [0.1, 0.15) is 0 Å². The summed E-state index contributed by atoms with van der Waals surface area (Å²) < 4.78 is 15.3. The Morgan fingerprint density at radius 1 is 1.00 bits per heavy atom. The van der Waals surface area contributed by atoms with Crippen molar-refractivity contribution < 1.29 is 23.8 Å². The molecule has 7 nitrogen and oxygen atoms in total. The van der Waals surface area contributed by atoms with Gasteiger partial charge in [0.25, 0.3) is 0 Å². The number of hydrogen-bond donors (Lipinski definition) is 0. The van der Waals surface area contributed by atoms with E-state index in [0.29, 0.717) is 22.2 Å². The van der Waals surface area contributed by atoms with Crippen molar-refractivity contribution in [2.45, 2.75) is 19.0 Å². The number of carbonyl (C=O) groups is 2. The van der Waals surface area contributed by atoms with E-state index in [1.54, 1.807) is 18.2 Å². The number of carbonyl (C=O) groups excluding carboxylic acids is 2. The molecule has 26 heavy (non-hydrogen) atoms. The van der Waals surface area contributed by atoms with E-state index >= 15 is 0 Å². The molecule has 8 heteroatoms. The Kier molecular flexibility index (Phi) is 6.97. The van der Waals surface area contributed by atoms with Crippen LogP contribution in [0.5, 0.6) is 11.5 Å². The van der Waals surface area contributed by atoms with E-state index in [1.807, 2.05) is 19.9 Å². The van der Waals surface area contributed by atoms with Gasteiger partial charge in [0.15, 0.2) is 29.0 Å². The zero-order valence-corrected chi connectivity index (χ0v) is 15.9. The molecule has 138 valence electrons. The van der Waals surface area contributed by atoms with Gasteiger partial charge >= 0.3 is 5.97 Å². The monoisotopic (exact) mass is 376 g/mol. The highest BCUT2D eigenvalue weighted by molar-refractivity contribution is 7.99. The molecule has 0 fully saturated rings. The van der Waals surface area contributed by atoms with Crippen LogP contribution < -0.4 is 9.47 Å². The van der Waals surface area contributed by atoms with Crippen molar-refractivity contribution in [3.63, 3.8) is 0 Å². The van der Waals surface area contributed by atoms with Crippen LogP contribution in [0.15, 0.2) is 29.4 Å². The minimum atomic E-state index is -0.508. The molecule has 0 atom stereocenters. The van der Waals surface area contributed by atoms with Gasteiger partial charge in [0.05, 0.1) is 20.0 Å². The SMILES string of the molecule is COc1ccc(C(=O)COC(=O)CSc2nc(C)cc(C)n2)cc1OC. The lowest BCUT2D eigenvalue weighted by molar-refractivity contribution is -0.139. The summed E-state index contributed by atoms with van der Waals surface area (Å²) in [5.41, 5.74) is 2.04. The molecule has 0 bridgehead atoms. The third-order valence-electron chi connectivity index (χ3n) is 3.35. The molecule has 0 aliphatic rings. The molecule has 0 N–H and O–H groups in total. The largest absolute Gasteiger partial charge is 0.493 e. The summed E-state index contributed by atoms with van der Waals surface area (Å²) >= 11 is 1.17. The molecule has 0 unspecified atom stereocenters. The molecule has 0 saturated carbocycles. The summed E-state index contributed by atoms with van der Waals surface area (Å²) in [5.74, 6) is 0.152. The molecule has 0 saturated heterocycles. The summed E-state index contributed by atoms with van der Waals surface area (Å²) in [7, 11) is 3.00. The van der Waals surface area contributed by atoms with E-state index in [4.69, 9.17) is 14.2 Å². The van der Waals surface area contributed by atoms with Crippen LogP contribution in [0.25, 0.3) is 0 Å². The van der Waals surface area contributed by atoms with Crippen molar-refractivity contribution in [3.8, 4) is 11.5 Å². The number of ketones is 1. The Hall–Kier alpha value is -2.61. The fraction of sp³-hybridized carbons (Fsp3) is 0.333. The highest BCUT2D eigenvalue weighted by atomic mass is 32.2. The van der Waals surface area contributed by atoms with Crippen LogP contribution in [-0.2, 0) is 9.53 Å². The number of aromatic nitrogens is 2. The van der Waals surface area contributed by atoms with Gasteiger partial charge in [-0.25, -0.2) is 9.97 Å². The van der Waals surface area contributed by atoms with Crippen LogP contribution in [-0.4, -0.2) is 48.3 Å². The number of hydrogen-bond acceptors (Lipinski definition) is 8. The summed E-state index contributed by atoms with van der Waals surface area (Å²) in [5, 5.41) is 0.505. The van der Waals surface area contributed by atoms with Crippen molar-refractivity contribution in [2.75, 3.05) is 26.6 Å². The first-order chi connectivity index (χ1) is 12.4. The molecule has 2 aromatic rings. The Labute approximate surface area is 156 Å². The lowest BCUT2D eigenvalue weighted by Crippen LogP contribution is -2.16. The van der Waals surface area contributed by atoms with Gasteiger partial charge in [0, 0.05) is 17.0 Å². The molecule has 0 aliphatic carbocycles. The number of rotatable bonds is 8. The van der Waals surface area contributed by atoms with Gasteiger partial charge in [-0.1, -0.05) is 11.8 Å². The number of benzene rings is 1. The van der Waals surface area contributed by atoms with Crippen LogP contribution in [0.3, 0.4) is 0 Å². The topological polar surface area (TPSA) is 87.6 Å². The molecular weight excluding hydrogens is 356 g/mol. The smallest absolute Gasteiger partial charge is 0.316 e. The number of thioether (sulfide) groups is 1. The molecule has 1 aromatic carbocycles. The Balaban J connectivity index is 1.87. The number of methoxy groups -OCH3 is 2. The third kappa shape index (κ3) is 5.45. The summed E-state index contributed by atoms with van der Waals surface area (Å²) in [6.45, 7) is 3.38. The number of ether oxygens (including phenoxy) is 3. The molecule has 0 spiro atoms. The fourth-order valence-corrected chi connectivity index (χ4v) is 2.91. The maximum absolute atomic E-state index is 12.2. The van der Waals surface area contributed by atoms with E-state index in [9.17, 15) is 9.59 Å². The average Bonchev–Trinajstić information content (AvgIpc) is 2.63. The highest BCUT2D eigenvalue weighted by Gasteiger charge is 2.14. The predicted molar refractivity (Wildman–Crippen MR) is 97.1 cm³/mol. The summed E-state index contributed by atoms with van der Waals surface area (Å²) in [4.78, 5) is 32.5. The molecular formula is C18H20N2O5S. The minimum Gasteiger partial charge on any atom is -0.493 e. The first kappa shape index (κ1) is 19.7. The predicted octanol–water partition coefficient (Wildman–Crippen LogP) is 2.63. The van der Waals surface area contributed by atoms with Crippen molar-refractivity contribution in [2.24, 2.45) is 0 Å². The second-order valence-corrected chi connectivity index (χ2v) is 6.32. The van der Waals surface area contributed by atoms with Crippen LogP contribution in [0.1, 0.15) is 21.7 Å². The zero-order valence-electron chi connectivity index (χ0n) is 15.1.